The van der Waals surface area contributed by atoms with Gasteiger partial charge in [0, 0.05) is 12.2 Å². The average molecular weight is 295 g/mol. The highest BCUT2D eigenvalue weighted by atomic mass is 32.2. The minimum atomic E-state index is -0.934. The summed E-state index contributed by atoms with van der Waals surface area (Å²) in [7, 11) is 0. The van der Waals surface area contributed by atoms with E-state index in [1.165, 1.54) is 4.90 Å². The molecule has 0 radical (unpaired) electrons. The van der Waals surface area contributed by atoms with E-state index in [9.17, 15) is 14.7 Å². The molecule has 2 heterocycles. The first-order valence-electron chi connectivity index (χ1n) is 6.87. The molecule has 0 bridgehead atoms. The summed E-state index contributed by atoms with van der Waals surface area (Å²) in [6.45, 7) is 1.95. The first kappa shape index (κ1) is 13.5. The number of aliphatic carboxylic acids is 1. The molecule has 0 spiro atoms. The Hall–Kier alpha value is -1.43. The number of carbonyl (C=O) groups is 2. The van der Waals surface area contributed by atoms with Crippen molar-refractivity contribution < 1.29 is 19.1 Å². The molecule has 6 heteroatoms. The molecular weight excluding hydrogens is 278 g/mol. The number of amides is 1. The zero-order valence-corrected chi connectivity index (χ0v) is 12.1. The summed E-state index contributed by atoms with van der Waals surface area (Å²) in [6, 6.07) is 2.68. The average Bonchev–Trinajstić information content (AvgIpc) is 3.02. The Morgan fingerprint density at radius 1 is 1.45 bits per heavy atom. The Balaban J connectivity index is 1.86. The van der Waals surface area contributed by atoms with Crippen LogP contribution in [0.3, 0.4) is 0 Å². The molecule has 5 nitrogen and oxygen atoms in total. The second-order valence-electron chi connectivity index (χ2n) is 5.25. The van der Waals surface area contributed by atoms with Gasteiger partial charge >= 0.3 is 5.97 Å². The third kappa shape index (κ3) is 2.32. The molecule has 20 heavy (non-hydrogen) atoms. The molecule has 1 aromatic heterocycles. The summed E-state index contributed by atoms with van der Waals surface area (Å²) in [5, 5.41) is 9.30. The fourth-order valence-electron chi connectivity index (χ4n) is 2.53. The maximum atomic E-state index is 12.6. The molecular formula is C14H17NO4S. The molecule has 108 valence electrons. The smallest absolute Gasteiger partial charge is 0.327 e. The van der Waals surface area contributed by atoms with Gasteiger partial charge in [-0.15, -0.1) is 11.8 Å². The predicted octanol–water partition coefficient (Wildman–Crippen LogP) is 2.22. The van der Waals surface area contributed by atoms with E-state index in [1.54, 1.807) is 23.9 Å². The van der Waals surface area contributed by atoms with Gasteiger partial charge in [-0.05, 0) is 30.9 Å². The van der Waals surface area contributed by atoms with Gasteiger partial charge < -0.3 is 14.4 Å². The molecule has 1 amide bonds. The standard InChI is InChI=1S/C14H17NO4S/c1-2-9-5-6-11(19-9)12(16)15-10(14(17)18)7-20-13(15)8-3-4-8/h5-6,8,10,13H,2-4,7H2,1H3,(H,17,18). The first-order chi connectivity index (χ1) is 9.61. The van der Waals surface area contributed by atoms with Crippen molar-refractivity contribution in [3.8, 4) is 0 Å². The van der Waals surface area contributed by atoms with E-state index in [-0.39, 0.29) is 17.0 Å². The second kappa shape index (κ2) is 5.16. The molecule has 1 aromatic rings. The van der Waals surface area contributed by atoms with Crippen LogP contribution in [0.1, 0.15) is 36.1 Å². The lowest BCUT2D eigenvalue weighted by molar-refractivity contribution is -0.141. The van der Waals surface area contributed by atoms with E-state index in [0.29, 0.717) is 11.7 Å². The third-order valence-corrected chi connectivity index (χ3v) is 5.26. The highest BCUT2D eigenvalue weighted by Crippen LogP contribution is 2.45. The van der Waals surface area contributed by atoms with Crippen molar-refractivity contribution in [1.82, 2.24) is 4.90 Å². The topological polar surface area (TPSA) is 70.8 Å². The van der Waals surface area contributed by atoms with Gasteiger partial charge in [0.05, 0.1) is 5.37 Å². The Morgan fingerprint density at radius 3 is 2.75 bits per heavy atom. The van der Waals surface area contributed by atoms with E-state index in [0.717, 1.165) is 25.0 Å². The molecule has 1 aliphatic carbocycles. The Bertz CT molecular complexity index is 537. The van der Waals surface area contributed by atoms with Gasteiger partial charge in [-0.2, -0.15) is 0 Å². The highest BCUT2D eigenvalue weighted by Gasteiger charge is 2.48. The fraction of sp³-hybridized carbons (Fsp3) is 0.571. The van der Waals surface area contributed by atoms with E-state index in [1.807, 2.05) is 6.92 Å². The van der Waals surface area contributed by atoms with Crippen LogP contribution in [0.15, 0.2) is 16.5 Å². The van der Waals surface area contributed by atoms with Gasteiger partial charge in [-0.25, -0.2) is 4.79 Å². The van der Waals surface area contributed by atoms with Crippen LogP contribution in [0.4, 0.5) is 0 Å². The number of rotatable bonds is 4. The summed E-state index contributed by atoms with van der Waals surface area (Å²) in [4.78, 5) is 25.5. The normalized spacial score (nSPS) is 25.9. The number of aryl methyl sites for hydroxylation is 1. The first-order valence-corrected chi connectivity index (χ1v) is 7.92. The van der Waals surface area contributed by atoms with Crippen LogP contribution in [-0.2, 0) is 11.2 Å². The molecule has 2 atom stereocenters. The fourth-order valence-corrected chi connectivity index (χ4v) is 4.16. The van der Waals surface area contributed by atoms with Crippen LogP contribution in [0.25, 0.3) is 0 Å². The van der Waals surface area contributed by atoms with Gasteiger partial charge in [-0.1, -0.05) is 6.92 Å². The number of hydrogen-bond donors (Lipinski definition) is 1. The molecule has 2 fully saturated rings. The van der Waals surface area contributed by atoms with Crippen LogP contribution in [0.5, 0.6) is 0 Å². The zero-order valence-electron chi connectivity index (χ0n) is 11.2. The molecule has 1 saturated carbocycles. The van der Waals surface area contributed by atoms with Crippen LogP contribution < -0.4 is 0 Å². The molecule has 2 aliphatic rings. The van der Waals surface area contributed by atoms with E-state index >= 15 is 0 Å². The molecule has 1 saturated heterocycles. The Morgan fingerprint density at radius 2 is 2.20 bits per heavy atom. The summed E-state index contributed by atoms with van der Waals surface area (Å²) in [6.07, 6.45) is 2.87. The number of nitrogens with zero attached hydrogens (tertiary/aromatic N) is 1. The van der Waals surface area contributed by atoms with Crippen LogP contribution in [-0.4, -0.2) is 39.1 Å². The van der Waals surface area contributed by atoms with Gasteiger partial charge in [0.1, 0.15) is 11.8 Å². The molecule has 1 aliphatic heterocycles. The monoisotopic (exact) mass is 295 g/mol. The second-order valence-corrected chi connectivity index (χ2v) is 6.40. The maximum Gasteiger partial charge on any atom is 0.327 e. The van der Waals surface area contributed by atoms with Gasteiger partial charge in [0.25, 0.3) is 5.91 Å². The van der Waals surface area contributed by atoms with Gasteiger partial charge in [-0.3, -0.25) is 4.79 Å². The summed E-state index contributed by atoms with van der Waals surface area (Å²) in [5.74, 6) is 0.671. The van der Waals surface area contributed by atoms with Crippen LogP contribution in [0, 0.1) is 5.92 Å². The minimum Gasteiger partial charge on any atom is -0.480 e. The van der Waals surface area contributed by atoms with Crippen molar-refractivity contribution in [3.63, 3.8) is 0 Å². The number of furan rings is 1. The number of carboxylic acid groups (broad SMARTS) is 1. The number of thioether (sulfide) groups is 1. The van der Waals surface area contributed by atoms with Crippen molar-refractivity contribution in [3.05, 3.63) is 23.7 Å². The van der Waals surface area contributed by atoms with E-state index < -0.39 is 12.0 Å². The minimum absolute atomic E-state index is 0.0150. The summed E-state index contributed by atoms with van der Waals surface area (Å²) in [5.41, 5.74) is 0. The van der Waals surface area contributed by atoms with Crippen molar-refractivity contribution in [2.75, 3.05) is 5.75 Å². The molecule has 3 rings (SSSR count). The Labute approximate surface area is 121 Å². The lowest BCUT2D eigenvalue weighted by Gasteiger charge is -2.26. The van der Waals surface area contributed by atoms with Crippen LogP contribution >= 0.6 is 11.8 Å². The van der Waals surface area contributed by atoms with Gasteiger partial charge in [0.2, 0.25) is 0 Å². The zero-order chi connectivity index (χ0) is 14.3. The number of hydrogen-bond acceptors (Lipinski definition) is 4. The lowest BCUT2D eigenvalue weighted by atomic mass is 10.2. The maximum absolute atomic E-state index is 12.6. The van der Waals surface area contributed by atoms with Crippen molar-refractivity contribution in [1.29, 1.82) is 0 Å². The number of carboxylic acids is 1. The molecule has 1 N–H and O–H groups in total. The summed E-state index contributed by atoms with van der Waals surface area (Å²) >= 11 is 1.58. The molecule has 2 unspecified atom stereocenters. The third-order valence-electron chi connectivity index (χ3n) is 3.80. The lowest BCUT2D eigenvalue weighted by Crippen LogP contribution is -2.46. The van der Waals surface area contributed by atoms with Crippen molar-refractivity contribution in [2.24, 2.45) is 5.92 Å². The quantitative estimate of drug-likeness (QED) is 0.922. The van der Waals surface area contributed by atoms with Crippen molar-refractivity contribution >= 4 is 23.6 Å². The highest BCUT2D eigenvalue weighted by molar-refractivity contribution is 8.00. The SMILES string of the molecule is CCc1ccc(C(=O)N2C(C(=O)O)CSC2C2CC2)o1. The predicted molar refractivity (Wildman–Crippen MR) is 74.6 cm³/mol. The molecule has 0 aromatic carbocycles. The number of carbonyl (C=O) groups excluding carboxylic acids is 1. The van der Waals surface area contributed by atoms with Crippen LogP contribution in [0.2, 0.25) is 0 Å². The van der Waals surface area contributed by atoms with Gasteiger partial charge in [0.15, 0.2) is 5.76 Å². The summed E-state index contributed by atoms with van der Waals surface area (Å²) < 4.78 is 5.49. The van der Waals surface area contributed by atoms with E-state index in [4.69, 9.17) is 4.42 Å². The van der Waals surface area contributed by atoms with E-state index in [2.05, 4.69) is 0 Å². The largest absolute Gasteiger partial charge is 0.480 e. The van der Waals surface area contributed by atoms with Crippen molar-refractivity contribution in [2.45, 2.75) is 37.6 Å². The Kier molecular flexibility index (Phi) is 3.50.